The minimum Gasteiger partial charge on any atom is -0.339 e. The Balaban J connectivity index is 0.000000771. The maximum Gasteiger partial charge on any atom is 0.236 e. The lowest BCUT2D eigenvalue weighted by Gasteiger charge is -2.34. The Hall–Kier alpha value is -0.650. The molecule has 5 heteroatoms. The third kappa shape index (κ3) is 4.92. The molecule has 5 nitrogen and oxygen atoms in total. The van der Waals surface area contributed by atoms with E-state index >= 15 is 0 Å². The van der Waals surface area contributed by atoms with Crippen LogP contribution in [0, 0.1) is 0 Å². The van der Waals surface area contributed by atoms with Gasteiger partial charge in [0, 0.05) is 52.4 Å². The van der Waals surface area contributed by atoms with E-state index < -0.39 is 0 Å². The van der Waals surface area contributed by atoms with Crippen LogP contribution in [-0.4, -0.2) is 86.6 Å². The summed E-state index contributed by atoms with van der Waals surface area (Å²) < 4.78 is 0. The molecular weight excluding hydrogens is 228 g/mol. The van der Waals surface area contributed by atoms with Crippen LogP contribution in [0.5, 0.6) is 0 Å². The molecule has 1 N–H and O–H groups in total. The molecule has 0 radical (unpaired) electrons. The van der Waals surface area contributed by atoms with E-state index in [0.717, 1.165) is 52.4 Å². The zero-order valence-corrected chi connectivity index (χ0v) is 12.1. The van der Waals surface area contributed by atoms with Gasteiger partial charge in [-0.3, -0.25) is 9.69 Å². The fourth-order valence-electron chi connectivity index (χ4n) is 2.21. The van der Waals surface area contributed by atoms with Gasteiger partial charge >= 0.3 is 0 Å². The van der Waals surface area contributed by atoms with Gasteiger partial charge in [0.05, 0.1) is 6.54 Å². The molecule has 0 aromatic carbocycles. The van der Waals surface area contributed by atoms with Gasteiger partial charge in [-0.05, 0) is 7.05 Å². The van der Waals surface area contributed by atoms with E-state index in [-0.39, 0.29) is 0 Å². The molecule has 0 spiro atoms. The highest BCUT2D eigenvalue weighted by molar-refractivity contribution is 5.78. The van der Waals surface area contributed by atoms with Crippen molar-refractivity contribution >= 4 is 5.91 Å². The van der Waals surface area contributed by atoms with Crippen LogP contribution in [0.15, 0.2) is 0 Å². The number of nitrogens with one attached hydrogen (secondary N) is 1. The highest BCUT2D eigenvalue weighted by Crippen LogP contribution is 2.01. The molecule has 18 heavy (non-hydrogen) atoms. The standard InChI is InChI=1S/C11H22N4O.C2H6/c1-13-6-8-14(9-7-13)10-11(16)15-4-2-12-3-5-15;1-2/h12H,2-10H2,1H3;1-2H3. The van der Waals surface area contributed by atoms with Crippen molar-refractivity contribution in [3.8, 4) is 0 Å². The molecule has 0 bridgehead atoms. The van der Waals surface area contributed by atoms with Crippen molar-refractivity contribution in [1.29, 1.82) is 0 Å². The molecule has 0 aromatic heterocycles. The van der Waals surface area contributed by atoms with Crippen molar-refractivity contribution < 1.29 is 4.79 Å². The van der Waals surface area contributed by atoms with Crippen molar-refractivity contribution in [2.75, 3.05) is 66.0 Å². The van der Waals surface area contributed by atoms with Crippen LogP contribution in [0.3, 0.4) is 0 Å². The van der Waals surface area contributed by atoms with Gasteiger partial charge in [-0.15, -0.1) is 0 Å². The van der Waals surface area contributed by atoms with Crippen molar-refractivity contribution in [2.24, 2.45) is 0 Å². The van der Waals surface area contributed by atoms with E-state index in [1.54, 1.807) is 0 Å². The van der Waals surface area contributed by atoms with Crippen LogP contribution in [-0.2, 0) is 4.79 Å². The van der Waals surface area contributed by atoms with Gasteiger partial charge in [-0.2, -0.15) is 0 Å². The summed E-state index contributed by atoms with van der Waals surface area (Å²) in [6, 6.07) is 0. The average Bonchev–Trinajstić information content (AvgIpc) is 2.44. The molecular formula is C13H28N4O. The zero-order valence-electron chi connectivity index (χ0n) is 12.1. The fourth-order valence-corrected chi connectivity index (χ4v) is 2.21. The van der Waals surface area contributed by atoms with Gasteiger partial charge in [0.1, 0.15) is 0 Å². The molecule has 2 rings (SSSR count). The van der Waals surface area contributed by atoms with Crippen LogP contribution in [0.2, 0.25) is 0 Å². The van der Waals surface area contributed by atoms with E-state index in [1.807, 2.05) is 18.7 Å². The topological polar surface area (TPSA) is 38.8 Å². The van der Waals surface area contributed by atoms with Gasteiger partial charge < -0.3 is 15.1 Å². The van der Waals surface area contributed by atoms with E-state index in [4.69, 9.17) is 0 Å². The molecule has 2 heterocycles. The first kappa shape index (κ1) is 15.4. The van der Waals surface area contributed by atoms with Gasteiger partial charge in [-0.1, -0.05) is 13.8 Å². The second-order valence-corrected chi connectivity index (χ2v) is 4.71. The Morgan fingerprint density at radius 1 is 1.00 bits per heavy atom. The summed E-state index contributed by atoms with van der Waals surface area (Å²) in [5.74, 6) is 0.297. The van der Waals surface area contributed by atoms with Crippen molar-refractivity contribution in [2.45, 2.75) is 13.8 Å². The highest BCUT2D eigenvalue weighted by Gasteiger charge is 2.21. The first-order chi connectivity index (χ1) is 8.75. The van der Waals surface area contributed by atoms with Gasteiger partial charge in [0.15, 0.2) is 0 Å². The first-order valence-electron chi connectivity index (χ1n) is 7.15. The number of amides is 1. The lowest BCUT2D eigenvalue weighted by molar-refractivity contribution is -0.133. The van der Waals surface area contributed by atoms with Crippen molar-refractivity contribution in [3.63, 3.8) is 0 Å². The summed E-state index contributed by atoms with van der Waals surface area (Å²) in [6.45, 7) is 12.4. The monoisotopic (exact) mass is 256 g/mol. The number of nitrogens with zero attached hydrogens (tertiary/aromatic N) is 3. The summed E-state index contributed by atoms with van der Waals surface area (Å²) in [5, 5.41) is 3.26. The number of carbonyl (C=O) groups is 1. The summed E-state index contributed by atoms with van der Waals surface area (Å²) >= 11 is 0. The number of carbonyl (C=O) groups excluding carboxylic acids is 1. The Kier molecular flexibility index (Phi) is 7.23. The Morgan fingerprint density at radius 3 is 2.11 bits per heavy atom. The van der Waals surface area contributed by atoms with E-state index in [2.05, 4.69) is 22.2 Å². The Morgan fingerprint density at radius 2 is 1.56 bits per heavy atom. The first-order valence-corrected chi connectivity index (χ1v) is 7.15. The maximum atomic E-state index is 12.0. The number of hydrogen-bond donors (Lipinski definition) is 1. The average molecular weight is 256 g/mol. The van der Waals surface area contributed by atoms with E-state index in [0.29, 0.717) is 12.5 Å². The summed E-state index contributed by atoms with van der Waals surface area (Å²) in [5.41, 5.74) is 0. The molecule has 0 aromatic rings. The molecule has 0 atom stereocenters. The second kappa shape index (κ2) is 8.45. The van der Waals surface area contributed by atoms with Crippen LogP contribution in [0.4, 0.5) is 0 Å². The highest BCUT2D eigenvalue weighted by atomic mass is 16.2. The second-order valence-electron chi connectivity index (χ2n) is 4.71. The van der Waals surface area contributed by atoms with Crippen molar-refractivity contribution in [1.82, 2.24) is 20.0 Å². The fraction of sp³-hybridized carbons (Fsp3) is 0.923. The molecule has 1 amide bonds. The smallest absolute Gasteiger partial charge is 0.236 e. The van der Waals surface area contributed by atoms with E-state index in [9.17, 15) is 4.79 Å². The number of piperazine rings is 2. The lowest BCUT2D eigenvalue weighted by atomic mass is 10.3. The summed E-state index contributed by atoms with van der Waals surface area (Å²) in [7, 11) is 2.13. The van der Waals surface area contributed by atoms with Crippen LogP contribution in [0.25, 0.3) is 0 Å². The third-order valence-electron chi connectivity index (χ3n) is 3.42. The molecule has 2 aliphatic heterocycles. The Bertz CT molecular complexity index is 233. The van der Waals surface area contributed by atoms with Gasteiger partial charge in [-0.25, -0.2) is 0 Å². The van der Waals surface area contributed by atoms with Gasteiger partial charge in [0.25, 0.3) is 0 Å². The predicted octanol–water partition coefficient (Wildman–Crippen LogP) is -0.308. The molecule has 2 saturated heterocycles. The molecule has 0 unspecified atom stereocenters. The zero-order chi connectivity index (χ0) is 13.4. The molecule has 106 valence electrons. The number of hydrogen-bond acceptors (Lipinski definition) is 4. The molecule has 0 saturated carbocycles. The minimum absolute atomic E-state index is 0.297. The largest absolute Gasteiger partial charge is 0.339 e. The number of likely N-dealkylation sites (N-methyl/N-ethyl adjacent to an activating group) is 1. The minimum atomic E-state index is 0.297. The summed E-state index contributed by atoms with van der Waals surface area (Å²) in [6.07, 6.45) is 0. The van der Waals surface area contributed by atoms with E-state index in [1.165, 1.54) is 0 Å². The quantitative estimate of drug-likeness (QED) is 0.736. The molecule has 0 aliphatic carbocycles. The van der Waals surface area contributed by atoms with Gasteiger partial charge in [0.2, 0.25) is 5.91 Å². The normalized spacial score (nSPS) is 22.3. The van der Waals surface area contributed by atoms with Crippen LogP contribution in [0.1, 0.15) is 13.8 Å². The SMILES string of the molecule is CC.CN1CCN(CC(=O)N2CCNCC2)CC1. The molecule has 2 aliphatic rings. The number of rotatable bonds is 2. The van der Waals surface area contributed by atoms with Crippen molar-refractivity contribution in [3.05, 3.63) is 0 Å². The molecule has 2 fully saturated rings. The van der Waals surface area contributed by atoms with Crippen LogP contribution >= 0.6 is 0 Å². The third-order valence-corrected chi connectivity index (χ3v) is 3.42. The maximum absolute atomic E-state index is 12.0. The Labute approximate surface area is 111 Å². The van der Waals surface area contributed by atoms with Crippen LogP contribution < -0.4 is 5.32 Å². The summed E-state index contributed by atoms with van der Waals surface area (Å²) in [4.78, 5) is 18.6. The predicted molar refractivity (Wildman–Crippen MR) is 74.7 cm³/mol. The lowest BCUT2D eigenvalue weighted by Crippen LogP contribution is -2.52.